The molecule has 2 aromatic heterocycles. The third-order valence-electron chi connectivity index (χ3n) is 5.12. The summed E-state index contributed by atoms with van der Waals surface area (Å²) in [4.78, 5) is 28.1. The molecule has 1 aliphatic heterocycles. The molecule has 0 unspecified atom stereocenters. The van der Waals surface area contributed by atoms with Crippen LogP contribution in [0.15, 0.2) is 30.3 Å². The standard InChI is InChI=1S/C21H22FN3O3S/c1-13-17-12-18(21(27)28-14(2)19(26)24-10-4-3-5-11-24)29-20(17)25(23-13)16-8-6-15(22)7-9-16/h6-9,12,14H,3-5,10-11H2,1-2H3/t14-/m0/s1. The first kappa shape index (κ1) is 19.6. The number of hydrogen-bond donors (Lipinski definition) is 0. The maximum atomic E-state index is 13.2. The van der Waals surface area contributed by atoms with Gasteiger partial charge >= 0.3 is 5.97 Å². The second-order valence-corrected chi connectivity index (χ2v) is 8.27. The van der Waals surface area contributed by atoms with E-state index in [0.29, 0.717) is 10.6 Å². The fraction of sp³-hybridized carbons (Fsp3) is 0.381. The molecule has 0 bridgehead atoms. The molecule has 152 valence electrons. The van der Waals surface area contributed by atoms with Crippen molar-refractivity contribution in [3.63, 3.8) is 0 Å². The average molecular weight is 415 g/mol. The van der Waals surface area contributed by atoms with Crippen LogP contribution in [-0.2, 0) is 9.53 Å². The van der Waals surface area contributed by atoms with E-state index >= 15 is 0 Å². The van der Waals surface area contributed by atoms with Gasteiger partial charge in [0.15, 0.2) is 6.10 Å². The number of nitrogens with zero attached hydrogens (tertiary/aromatic N) is 3. The normalized spacial score (nSPS) is 15.5. The van der Waals surface area contributed by atoms with E-state index in [1.54, 1.807) is 34.7 Å². The van der Waals surface area contributed by atoms with Crippen LogP contribution in [0.4, 0.5) is 4.39 Å². The average Bonchev–Trinajstić information content (AvgIpc) is 3.29. The molecule has 3 heterocycles. The van der Waals surface area contributed by atoms with E-state index < -0.39 is 12.1 Å². The molecule has 1 aliphatic rings. The minimum absolute atomic E-state index is 0.146. The predicted molar refractivity (Wildman–Crippen MR) is 109 cm³/mol. The topological polar surface area (TPSA) is 64.4 Å². The van der Waals surface area contributed by atoms with Crippen molar-refractivity contribution in [2.45, 2.75) is 39.2 Å². The lowest BCUT2D eigenvalue weighted by Gasteiger charge is -2.28. The number of fused-ring (bicyclic) bond motifs is 1. The van der Waals surface area contributed by atoms with Gasteiger partial charge < -0.3 is 9.64 Å². The van der Waals surface area contributed by atoms with Crippen molar-refractivity contribution in [2.75, 3.05) is 13.1 Å². The number of likely N-dealkylation sites (tertiary alicyclic amines) is 1. The zero-order valence-corrected chi connectivity index (χ0v) is 17.2. The Morgan fingerprint density at radius 3 is 2.55 bits per heavy atom. The third-order valence-corrected chi connectivity index (χ3v) is 6.21. The SMILES string of the molecule is Cc1nn(-c2ccc(F)cc2)c2sc(C(=O)O[C@@H](C)C(=O)N3CCCCC3)cc12. The Hall–Kier alpha value is -2.74. The second kappa shape index (κ2) is 7.94. The fourth-order valence-corrected chi connectivity index (χ4v) is 4.61. The summed E-state index contributed by atoms with van der Waals surface area (Å²) in [5.41, 5.74) is 1.47. The predicted octanol–water partition coefficient (Wildman–Crippen LogP) is 4.09. The Morgan fingerprint density at radius 1 is 1.17 bits per heavy atom. The number of ether oxygens (including phenoxy) is 1. The lowest BCUT2D eigenvalue weighted by atomic mass is 10.1. The van der Waals surface area contributed by atoms with Gasteiger partial charge in [0.25, 0.3) is 5.91 Å². The zero-order chi connectivity index (χ0) is 20.5. The largest absolute Gasteiger partial charge is 0.448 e. The first-order valence-electron chi connectivity index (χ1n) is 9.69. The highest BCUT2D eigenvalue weighted by Crippen LogP contribution is 2.31. The van der Waals surface area contributed by atoms with Gasteiger partial charge in [0.1, 0.15) is 15.5 Å². The number of benzene rings is 1. The Morgan fingerprint density at radius 2 is 1.86 bits per heavy atom. The molecule has 8 heteroatoms. The van der Waals surface area contributed by atoms with E-state index in [4.69, 9.17) is 4.74 Å². The van der Waals surface area contributed by atoms with Crippen molar-refractivity contribution < 1.29 is 18.7 Å². The van der Waals surface area contributed by atoms with Gasteiger partial charge in [-0.3, -0.25) is 4.79 Å². The lowest BCUT2D eigenvalue weighted by Crippen LogP contribution is -2.42. The number of esters is 1. The van der Waals surface area contributed by atoms with Gasteiger partial charge in [-0.1, -0.05) is 0 Å². The highest BCUT2D eigenvalue weighted by Gasteiger charge is 2.26. The molecule has 6 nitrogen and oxygen atoms in total. The minimum Gasteiger partial charge on any atom is -0.448 e. The van der Waals surface area contributed by atoms with Crippen LogP contribution in [-0.4, -0.2) is 45.8 Å². The molecule has 0 spiro atoms. The number of halogens is 1. The molecular weight excluding hydrogens is 393 g/mol. The smallest absolute Gasteiger partial charge is 0.349 e. The zero-order valence-electron chi connectivity index (χ0n) is 16.4. The van der Waals surface area contributed by atoms with Gasteiger partial charge in [-0.05, 0) is 63.4 Å². The third kappa shape index (κ3) is 3.89. The van der Waals surface area contributed by atoms with Crippen molar-refractivity contribution >= 4 is 33.4 Å². The van der Waals surface area contributed by atoms with Crippen LogP contribution in [0.3, 0.4) is 0 Å². The molecule has 0 aliphatic carbocycles. The Balaban J connectivity index is 1.54. The summed E-state index contributed by atoms with van der Waals surface area (Å²) in [7, 11) is 0. The summed E-state index contributed by atoms with van der Waals surface area (Å²) < 4.78 is 20.4. The van der Waals surface area contributed by atoms with Crippen LogP contribution < -0.4 is 0 Å². The van der Waals surface area contributed by atoms with E-state index in [0.717, 1.165) is 48.3 Å². The van der Waals surface area contributed by atoms with Crippen LogP contribution in [0.1, 0.15) is 41.6 Å². The van der Waals surface area contributed by atoms with Crippen LogP contribution in [0.5, 0.6) is 0 Å². The molecule has 3 aromatic rings. The molecule has 1 atom stereocenters. The second-order valence-electron chi connectivity index (χ2n) is 7.24. The number of carbonyl (C=O) groups excluding carboxylic acids is 2. The molecule has 1 aromatic carbocycles. The van der Waals surface area contributed by atoms with Gasteiger partial charge in [-0.15, -0.1) is 11.3 Å². The van der Waals surface area contributed by atoms with Gasteiger partial charge in [0.05, 0.1) is 11.4 Å². The number of aromatic nitrogens is 2. The number of carbonyl (C=O) groups is 2. The Kier molecular flexibility index (Phi) is 5.36. The lowest BCUT2D eigenvalue weighted by molar-refractivity contribution is -0.140. The maximum absolute atomic E-state index is 13.2. The van der Waals surface area contributed by atoms with Crippen LogP contribution in [0, 0.1) is 12.7 Å². The van der Waals surface area contributed by atoms with Gasteiger partial charge in [-0.25, -0.2) is 13.9 Å². The van der Waals surface area contributed by atoms with Crippen molar-refractivity contribution in [1.82, 2.24) is 14.7 Å². The summed E-state index contributed by atoms with van der Waals surface area (Å²) >= 11 is 1.25. The van der Waals surface area contributed by atoms with E-state index in [2.05, 4.69) is 5.10 Å². The van der Waals surface area contributed by atoms with Gasteiger partial charge in [0, 0.05) is 18.5 Å². The summed E-state index contributed by atoms with van der Waals surface area (Å²) in [5, 5.41) is 5.33. The number of aryl methyl sites for hydroxylation is 1. The Bertz CT molecular complexity index is 1050. The van der Waals surface area contributed by atoms with E-state index in [9.17, 15) is 14.0 Å². The highest BCUT2D eigenvalue weighted by molar-refractivity contribution is 7.20. The molecule has 0 saturated carbocycles. The van der Waals surface area contributed by atoms with Crippen LogP contribution in [0.25, 0.3) is 15.9 Å². The summed E-state index contributed by atoms with van der Waals surface area (Å²) in [6.07, 6.45) is 2.29. The molecule has 0 N–H and O–H groups in total. The van der Waals surface area contributed by atoms with E-state index in [-0.39, 0.29) is 11.7 Å². The molecule has 1 amide bonds. The molecule has 1 fully saturated rings. The summed E-state index contributed by atoms with van der Waals surface area (Å²) in [6, 6.07) is 7.75. The summed E-state index contributed by atoms with van der Waals surface area (Å²) in [6.45, 7) is 4.91. The van der Waals surface area contributed by atoms with Gasteiger partial charge in [-0.2, -0.15) is 5.10 Å². The first-order valence-corrected chi connectivity index (χ1v) is 10.5. The maximum Gasteiger partial charge on any atom is 0.349 e. The number of rotatable bonds is 4. The molecule has 4 rings (SSSR count). The quantitative estimate of drug-likeness (QED) is 0.602. The minimum atomic E-state index is -0.819. The van der Waals surface area contributed by atoms with Crippen LogP contribution >= 0.6 is 11.3 Å². The number of hydrogen-bond acceptors (Lipinski definition) is 5. The first-order chi connectivity index (χ1) is 13.9. The number of piperidine rings is 1. The fourth-order valence-electron chi connectivity index (χ4n) is 3.55. The summed E-state index contributed by atoms with van der Waals surface area (Å²) in [5.74, 6) is -0.987. The van der Waals surface area contributed by atoms with Gasteiger partial charge in [0.2, 0.25) is 0 Å². The molecule has 0 radical (unpaired) electrons. The van der Waals surface area contributed by atoms with Crippen molar-refractivity contribution in [3.8, 4) is 5.69 Å². The molecule has 1 saturated heterocycles. The van der Waals surface area contributed by atoms with E-state index in [1.807, 2.05) is 6.92 Å². The van der Waals surface area contributed by atoms with Crippen LogP contribution in [0.2, 0.25) is 0 Å². The monoisotopic (exact) mass is 415 g/mol. The molecular formula is C21H22FN3O3S. The van der Waals surface area contributed by atoms with Crippen molar-refractivity contribution in [1.29, 1.82) is 0 Å². The number of amides is 1. The number of thiophene rings is 1. The van der Waals surface area contributed by atoms with Crippen molar-refractivity contribution in [3.05, 3.63) is 46.7 Å². The highest BCUT2D eigenvalue weighted by atomic mass is 32.1. The Labute approximate surface area is 171 Å². The van der Waals surface area contributed by atoms with E-state index in [1.165, 1.54) is 23.5 Å². The van der Waals surface area contributed by atoms with Crippen molar-refractivity contribution in [2.24, 2.45) is 0 Å². The molecule has 29 heavy (non-hydrogen) atoms.